The Labute approximate surface area is 217 Å². The first-order valence-electron chi connectivity index (χ1n) is 12.9. The molecule has 3 aliphatic rings. The Morgan fingerprint density at radius 2 is 1.70 bits per heavy atom. The van der Waals surface area contributed by atoms with Gasteiger partial charge in [0.1, 0.15) is 6.54 Å². The van der Waals surface area contributed by atoms with Crippen molar-refractivity contribution >= 4 is 16.1 Å². The van der Waals surface area contributed by atoms with E-state index in [2.05, 4.69) is 30.8 Å². The van der Waals surface area contributed by atoms with Crippen LogP contribution in [0.25, 0.3) is 6.08 Å². The molecule has 2 fully saturated rings. The lowest BCUT2D eigenvalue weighted by atomic mass is 9.68. The zero-order chi connectivity index (χ0) is 26.6. The van der Waals surface area contributed by atoms with E-state index in [0.717, 1.165) is 47.3 Å². The van der Waals surface area contributed by atoms with Gasteiger partial charge in [-0.05, 0) is 73.5 Å². The van der Waals surface area contributed by atoms with Crippen molar-refractivity contribution in [1.82, 2.24) is 19.0 Å². The number of benzene rings is 1. The molecule has 1 unspecified atom stereocenters. The number of halogens is 3. The second-order valence-electron chi connectivity index (χ2n) is 11.8. The molecule has 0 radical (unpaired) electrons. The highest BCUT2D eigenvalue weighted by Gasteiger charge is 2.47. The number of piperidine rings is 1. The average molecular weight is 537 g/mol. The molecule has 1 aromatic heterocycles. The van der Waals surface area contributed by atoms with Gasteiger partial charge in [-0.15, -0.1) is 0 Å². The first kappa shape index (κ1) is 26.4. The van der Waals surface area contributed by atoms with E-state index in [1.54, 1.807) is 16.4 Å². The van der Waals surface area contributed by atoms with Crippen molar-refractivity contribution < 1.29 is 21.6 Å². The number of likely N-dealkylation sites (tertiary alicyclic amines) is 1. The molecule has 3 heterocycles. The molecular weight excluding hydrogens is 501 g/mol. The fourth-order valence-corrected chi connectivity index (χ4v) is 7.57. The summed E-state index contributed by atoms with van der Waals surface area (Å²) in [5, 5.41) is 4.05. The summed E-state index contributed by atoms with van der Waals surface area (Å²) < 4.78 is 69.6. The first-order valence-corrected chi connectivity index (χ1v) is 14.4. The quantitative estimate of drug-likeness (QED) is 0.548. The Morgan fingerprint density at radius 3 is 2.32 bits per heavy atom. The molecule has 2 saturated heterocycles. The van der Waals surface area contributed by atoms with Gasteiger partial charge < -0.3 is 4.90 Å². The monoisotopic (exact) mass is 536 g/mol. The molecule has 1 aromatic carbocycles. The topological polar surface area (TPSA) is 58.4 Å². The zero-order valence-electron chi connectivity index (χ0n) is 21.7. The van der Waals surface area contributed by atoms with Crippen LogP contribution >= 0.6 is 0 Å². The van der Waals surface area contributed by atoms with E-state index in [1.807, 2.05) is 18.2 Å². The van der Waals surface area contributed by atoms with Crippen LogP contribution in [0.1, 0.15) is 56.9 Å². The molecular formula is C27H35F3N4O2S. The number of fused-ring (bicyclic) bond motifs is 2. The molecule has 0 spiro atoms. The van der Waals surface area contributed by atoms with E-state index in [1.165, 1.54) is 6.20 Å². The fourth-order valence-electron chi connectivity index (χ4n) is 6.04. The smallest absolute Gasteiger partial charge is 0.302 e. The van der Waals surface area contributed by atoms with Gasteiger partial charge in [-0.1, -0.05) is 38.5 Å². The molecule has 0 bridgehead atoms. The molecule has 1 aliphatic carbocycles. The lowest BCUT2D eigenvalue weighted by Crippen LogP contribution is -2.53. The molecule has 2 aliphatic heterocycles. The van der Waals surface area contributed by atoms with E-state index < -0.39 is 28.2 Å². The van der Waals surface area contributed by atoms with Gasteiger partial charge in [0.25, 0.3) is 0 Å². The van der Waals surface area contributed by atoms with Crippen molar-refractivity contribution in [3.63, 3.8) is 0 Å². The Morgan fingerprint density at radius 1 is 1.03 bits per heavy atom. The van der Waals surface area contributed by atoms with Gasteiger partial charge in [-0.25, -0.2) is 8.42 Å². The summed E-state index contributed by atoms with van der Waals surface area (Å²) in [6.45, 7) is 8.35. The predicted molar refractivity (Wildman–Crippen MR) is 137 cm³/mol. The largest absolute Gasteiger partial charge is 0.408 e. The van der Waals surface area contributed by atoms with Crippen molar-refractivity contribution in [3.05, 3.63) is 52.9 Å². The molecule has 0 N–H and O–H groups in total. The minimum atomic E-state index is -4.36. The van der Waals surface area contributed by atoms with Gasteiger partial charge in [0.05, 0.1) is 16.8 Å². The number of hydrogen-bond donors (Lipinski definition) is 0. The summed E-state index contributed by atoms with van der Waals surface area (Å²) in [6, 6.07) is 7.14. The summed E-state index contributed by atoms with van der Waals surface area (Å²) in [5.74, 6) is 0. The number of hydrogen-bond acceptors (Lipinski definition) is 4. The summed E-state index contributed by atoms with van der Waals surface area (Å²) in [7, 11) is -3.72. The lowest BCUT2D eigenvalue weighted by Gasteiger charge is -2.47. The SMILES string of the molecule is CC(C)(C)c1ccc(S(=O)(=O)N2CCC3=Cc4c(cnn4CC(F)(F)F)CC3(CN3CCCC3)C2)cc1. The van der Waals surface area contributed by atoms with Crippen LogP contribution in [0.3, 0.4) is 0 Å². The Balaban J connectivity index is 1.47. The number of aromatic nitrogens is 2. The molecule has 1 atom stereocenters. The number of nitrogens with zero attached hydrogens (tertiary/aromatic N) is 4. The van der Waals surface area contributed by atoms with Gasteiger partial charge in [0.15, 0.2) is 0 Å². The van der Waals surface area contributed by atoms with E-state index in [9.17, 15) is 21.6 Å². The van der Waals surface area contributed by atoms with Crippen molar-refractivity contribution in [2.75, 3.05) is 32.7 Å². The van der Waals surface area contributed by atoms with E-state index in [4.69, 9.17) is 0 Å². The molecule has 6 nitrogen and oxygen atoms in total. The minimum Gasteiger partial charge on any atom is -0.302 e. The highest BCUT2D eigenvalue weighted by atomic mass is 32.2. The summed E-state index contributed by atoms with van der Waals surface area (Å²) in [5.41, 5.74) is 2.78. The first-order chi connectivity index (χ1) is 17.3. The van der Waals surface area contributed by atoms with Crippen LogP contribution in [0.4, 0.5) is 13.2 Å². The van der Waals surface area contributed by atoms with Crippen LogP contribution in [0, 0.1) is 5.41 Å². The zero-order valence-corrected chi connectivity index (χ0v) is 22.5. The Hall–Kier alpha value is -2.17. The molecule has 10 heteroatoms. The van der Waals surface area contributed by atoms with Crippen LogP contribution in [-0.4, -0.2) is 66.3 Å². The second kappa shape index (κ2) is 9.24. The number of rotatable bonds is 5. The number of alkyl halides is 3. The van der Waals surface area contributed by atoms with Crippen molar-refractivity contribution in [1.29, 1.82) is 0 Å². The highest BCUT2D eigenvalue weighted by molar-refractivity contribution is 7.89. The molecule has 0 amide bonds. The predicted octanol–water partition coefficient (Wildman–Crippen LogP) is 4.86. The minimum absolute atomic E-state index is 0.0801. The third-order valence-corrected chi connectivity index (χ3v) is 9.86. The van der Waals surface area contributed by atoms with Crippen molar-refractivity contribution in [2.45, 2.75) is 69.5 Å². The van der Waals surface area contributed by atoms with E-state index in [-0.39, 0.29) is 10.3 Å². The third-order valence-electron chi connectivity index (χ3n) is 8.00. The maximum absolute atomic E-state index is 13.8. The third kappa shape index (κ3) is 5.25. The van der Waals surface area contributed by atoms with Crippen LogP contribution < -0.4 is 0 Å². The highest BCUT2D eigenvalue weighted by Crippen LogP contribution is 2.46. The summed E-state index contributed by atoms with van der Waals surface area (Å²) >= 11 is 0. The Kier molecular flexibility index (Phi) is 6.60. The van der Waals surface area contributed by atoms with Crippen LogP contribution in [-0.2, 0) is 28.4 Å². The van der Waals surface area contributed by atoms with Crippen LogP contribution in [0.15, 0.2) is 40.9 Å². The second-order valence-corrected chi connectivity index (χ2v) is 13.7. The van der Waals surface area contributed by atoms with Gasteiger partial charge in [-0.3, -0.25) is 4.68 Å². The molecule has 37 heavy (non-hydrogen) atoms. The fraction of sp³-hybridized carbons (Fsp3) is 0.593. The molecule has 0 saturated carbocycles. The van der Waals surface area contributed by atoms with Gasteiger partial charge >= 0.3 is 6.18 Å². The Bertz CT molecular complexity index is 1290. The molecule has 5 rings (SSSR count). The summed E-state index contributed by atoms with van der Waals surface area (Å²) in [4.78, 5) is 2.64. The molecule has 202 valence electrons. The number of sulfonamides is 1. The normalized spacial score (nSPS) is 23.6. The van der Waals surface area contributed by atoms with Crippen LogP contribution in [0.2, 0.25) is 0 Å². The lowest BCUT2D eigenvalue weighted by molar-refractivity contribution is -0.142. The maximum Gasteiger partial charge on any atom is 0.408 e. The standard InChI is InChI=1S/C27H35F3N4O2S/c1-25(2,3)21-6-8-23(9-7-21)37(35,36)33-13-10-22-14-24-20(16-31-34(24)19-27(28,29)30)15-26(22,18-33)17-32-11-4-5-12-32/h6-9,14,16H,4-5,10-13,15,17-19H2,1-3H3. The van der Waals surface area contributed by atoms with E-state index >= 15 is 0 Å². The van der Waals surface area contributed by atoms with Gasteiger partial charge in [0, 0.05) is 25.0 Å². The van der Waals surface area contributed by atoms with Gasteiger partial charge in [-0.2, -0.15) is 22.6 Å². The summed E-state index contributed by atoms with van der Waals surface area (Å²) in [6.07, 6.45) is 2.20. The van der Waals surface area contributed by atoms with Crippen LogP contribution in [0.5, 0.6) is 0 Å². The van der Waals surface area contributed by atoms with Crippen molar-refractivity contribution in [3.8, 4) is 0 Å². The van der Waals surface area contributed by atoms with E-state index in [0.29, 0.717) is 38.2 Å². The van der Waals surface area contributed by atoms with Gasteiger partial charge in [0.2, 0.25) is 10.0 Å². The van der Waals surface area contributed by atoms with Crippen molar-refractivity contribution in [2.24, 2.45) is 5.41 Å². The average Bonchev–Trinajstić information content (AvgIpc) is 3.45. The molecule has 2 aromatic rings. The maximum atomic E-state index is 13.8.